The summed E-state index contributed by atoms with van der Waals surface area (Å²) in [6, 6.07) is 3.14. The van der Waals surface area contributed by atoms with Crippen LogP contribution in [0.1, 0.15) is 10.6 Å². The summed E-state index contributed by atoms with van der Waals surface area (Å²) in [6.45, 7) is 6.72. The first kappa shape index (κ1) is 12.4. The Morgan fingerprint density at radius 2 is 2.19 bits per heavy atom. The summed E-state index contributed by atoms with van der Waals surface area (Å²) < 4.78 is 5.51. The van der Waals surface area contributed by atoms with E-state index in [9.17, 15) is 9.59 Å². The van der Waals surface area contributed by atoms with Gasteiger partial charge in [0.1, 0.15) is 0 Å². The third kappa shape index (κ3) is 3.20. The Hall–Kier alpha value is -1.62. The lowest BCUT2D eigenvalue weighted by Crippen LogP contribution is -2.29. The van der Waals surface area contributed by atoms with Crippen molar-refractivity contribution >= 4 is 27.6 Å². The van der Waals surface area contributed by atoms with Gasteiger partial charge in [-0.2, -0.15) is 0 Å². The molecule has 5 heteroatoms. The minimum atomic E-state index is -0.422. The number of Topliss-reactive ketones (excluding diaryl/α,β-unsaturated/α-hetero) is 1. The predicted octanol–water partition coefficient (Wildman–Crippen LogP) is 2.08. The molecule has 0 aliphatic heterocycles. The largest absolute Gasteiger partial charge is 0.446 e. The Kier molecular flexibility index (Phi) is 4.25. The molecule has 0 saturated heterocycles. The second-order valence-electron chi connectivity index (χ2n) is 2.94. The highest BCUT2D eigenvalue weighted by molar-refractivity contribution is 9.10. The molecule has 16 heavy (non-hydrogen) atoms. The summed E-state index contributed by atoms with van der Waals surface area (Å²) in [7, 11) is 0. The number of hydrogen-bond donors (Lipinski definition) is 1. The minimum Gasteiger partial charge on any atom is -0.446 e. The van der Waals surface area contributed by atoms with Crippen LogP contribution in [-0.2, 0) is 4.79 Å². The number of rotatable bonds is 5. The van der Waals surface area contributed by atoms with Gasteiger partial charge in [-0.3, -0.25) is 9.59 Å². The van der Waals surface area contributed by atoms with Crippen molar-refractivity contribution in [2.45, 2.75) is 0 Å². The first-order valence-electron chi connectivity index (χ1n) is 4.42. The Morgan fingerprint density at radius 1 is 1.50 bits per heavy atom. The number of hydrogen-bond acceptors (Lipinski definition) is 3. The van der Waals surface area contributed by atoms with E-state index < -0.39 is 5.91 Å². The maximum absolute atomic E-state index is 11.5. The molecule has 1 rings (SSSR count). The molecule has 1 N–H and O–H groups in total. The Bertz CT molecular complexity index is 448. The quantitative estimate of drug-likeness (QED) is 0.511. The molecule has 1 amide bonds. The van der Waals surface area contributed by atoms with Crippen LogP contribution in [0.5, 0.6) is 0 Å². The second-order valence-corrected chi connectivity index (χ2v) is 3.72. The number of halogens is 1. The van der Waals surface area contributed by atoms with E-state index in [1.165, 1.54) is 12.1 Å². The van der Waals surface area contributed by atoms with Crippen LogP contribution in [0.4, 0.5) is 0 Å². The van der Waals surface area contributed by atoms with Gasteiger partial charge >= 0.3 is 0 Å². The van der Waals surface area contributed by atoms with E-state index >= 15 is 0 Å². The highest BCUT2D eigenvalue weighted by Gasteiger charge is 2.12. The number of nitrogens with one attached hydrogen (secondary N) is 1. The smallest absolute Gasteiger partial charge is 0.251 e. The van der Waals surface area contributed by atoms with E-state index in [1.807, 2.05) is 0 Å². The molecule has 0 aliphatic rings. The molecular formula is C11H10BrNO3. The summed E-state index contributed by atoms with van der Waals surface area (Å²) in [5, 5.41) is 2.41. The molecule has 1 aromatic heterocycles. The summed E-state index contributed by atoms with van der Waals surface area (Å²) in [5.41, 5.74) is 0.216. The number of carbonyl (C=O) groups excluding carboxylic acids is 2. The number of furan rings is 1. The van der Waals surface area contributed by atoms with Gasteiger partial charge < -0.3 is 9.73 Å². The lowest BCUT2D eigenvalue weighted by atomic mass is 10.2. The molecular weight excluding hydrogens is 274 g/mol. The van der Waals surface area contributed by atoms with Gasteiger partial charge in [0, 0.05) is 5.57 Å². The van der Waals surface area contributed by atoms with Crippen LogP contribution in [0.2, 0.25) is 0 Å². The van der Waals surface area contributed by atoms with E-state index in [-0.39, 0.29) is 23.7 Å². The first-order valence-corrected chi connectivity index (χ1v) is 5.22. The molecule has 4 nitrogen and oxygen atoms in total. The fourth-order valence-corrected chi connectivity index (χ4v) is 1.22. The van der Waals surface area contributed by atoms with Crippen LogP contribution in [-0.4, -0.2) is 18.2 Å². The lowest BCUT2D eigenvalue weighted by molar-refractivity contribution is -0.117. The van der Waals surface area contributed by atoms with Gasteiger partial charge in [-0.05, 0) is 28.1 Å². The monoisotopic (exact) mass is 283 g/mol. The van der Waals surface area contributed by atoms with Crippen molar-refractivity contribution in [1.82, 2.24) is 5.32 Å². The van der Waals surface area contributed by atoms with Gasteiger partial charge in [0.2, 0.25) is 5.78 Å². The summed E-state index contributed by atoms with van der Waals surface area (Å²) in [5.74, 6) is -0.540. The molecule has 0 unspecified atom stereocenters. The van der Waals surface area contributed by atoms with Gasteiger partial charge in [0.15, 0.2) is 10.4 Å². The minimum absolute atomic E-state index is 0.133. The molecule has 0 bridgehead atoms. The van der Waals surface area contributed by atoms with Crippen molar-refractivity contribution in [3.8, 4) is 0 Å². The van der Waals surface area contributed by atoms with Crippen molar-refractivity contribution in [2.75, 3.05) is 6.54 Å². The summed E-state index contributed by atoms with van der Waals surface area (Å²) in [6.07, 6.45) is 1.32. The summed E-state index contributed by atoms with van der Waals surface area (Å²) in [4.78, 5) is 22.7. The van der Waals surface area contributed by atoms with E-state index in [4.69, 9.17) is 4.42 Å². The topological polar surface area (TPSA) is 59.3 Å². The van der Waals surface area contributed by atoms with Crippen molar-refractivity contribution in [3.05, 3.63) is 47.4 Å². The maximum atomic E-state index is 11.5. The molecule has 84 valence electrons. The van der Waals surface area contributed by atoms with Gasteiger partial charge in [-0.25, -0.2) is 0 Å². The van der Waals surface area contributed by atoms with Crippen LogP contribution in [0.25, 0.3) is 0 Å². The highest BCUT2D eigenvalue weighted by Crippen LogP contribution is 2.14. The van der Waals surface area contributed by atoms with Crippen LogP contribution in [0.3, 0.4) is 0 Å². The first-order chi connectivity index (χ1) is 7.54. The Balaban J connectivity index is 2.51. The van der Waals surface area contributed by atoms with Crippen LogP contribution >= 0.6 is 15.9 Å². The van der Waals surface area contributed by atoms with Gasteiger partial charge in [-0.15, -0.1) is 0 Å². The molecule has 0 saturated carbocycles. The van der Waals surface area contributed by atoms with Crippen LogP contribution < -0.4 is 5.32 Å². The van der Waals surface area contributed by atoms with Crippen molar-refractivity contribution < 1.29 is 14.0 Å². The normalized spacial score (nSPS) is 9.56. The van der Waals surface area contributed by atoms with Crippen molar-refractivity contribution in [1.29, 1.82) is 0 Å². The van der Waals surface area contributed by atoms with Crippen molar-refractivity contribution in [2.24, 2.45) is 0 Å². The summed E-state index contributed by atoms with van der Waals surface area (Å²) >= 11 is 3.08. The third-order valence-electron chi connectivity index (χ3n) is 1.80. The zero-order valence-electron chi connectivity index (χ0n) is 8.46. The van der Waals surface area contributed by atoms with Crippen LogP contribution in [0.15, 0.2) is 46.0 Å². The average molecular weight is 284 g/mol. The second kappa shape index (κ2) is 5.46. The molecule has 1 aromatic rings. The number of ketones is 1. The SMILES string of the molecule is C=CC(=C)C(=O)NCC(=O)c1ccc(Br)o1. The number of amides is 1. The highest BCUT2D eigenvalue weighted by atomic mass is 79.9. The van der Waals surface area contributed by atoms with E-state index in [2.05, 4.69) is 34.4 Å². The maximum Gasteiger partial charge on any atom is 0.251 e. The Morgan fingerprint density at radius 3 is 2.69 bits per heavy atom. The molecule has 0 aromatic carbocycles. The zero-order chi connectivity index (χ0) is 12.1. The average Bonchev–Trinajstić information content (AvgIpc) is 2.71. The predicted molar refractivity (Wildman–Crippen MR) is 63.1 cm³/mol. The van der Waals surface area contributed by atoms with E-state index in [1.54, 1.807) is 6.07 Å². The van der Waals surface area contributed by atoms with Gasteiger partial charge in [-0.1, -0.05) is 19.2 Å². The fourth-order valence-electron chi connectivity index (χ4n) is 0.918. The van der Waals surface area contributed by atoms with E-state index in [0.717, 1.165) is 0 Å². The number of carbonyl (C=O) groups is 2. The Labute approximate surface area is 101 Å². The zero-order valence-corrected chi connectivity index (χ0v) is 10.0. The molecule has 0 aliphatic carbocycles. The molecule has 0 radical (unpaired) electrons. The standard InChI is InChI=1S/C11H10BrNO3/c1-3-7(2)11(15)13-6-8(14)9-4-5-10(12)16-9/h3-5H,1-2,6H2,(H,13,15). The molecule has 1 heterocycles. The van der Waals surface area contributed by atoms with E-state index in [0.29, 0.717) is 4.67 Å². The fraction of sp³-hybridized carbons (Fsp3) is 0.0909. The van der Waals surface area contributed by atoms with Crippen molar-refractivity contribution in [3.63, 3.8) is 0 Å². The third-order valence-corrected chi connectivity index (χ3v) is 2.22. The van der Waals surface area contributed by atoms with Crippen LogP contribution in [0, 0.1) is 0 Å². The lowest BCUT2D eigenvalue weighted by Gasteiger charge is -2.02. The molecule has 0 spiro atoms. The van der Waals surface area contributed by atoms with Gasteiger partial charge in [0.05, 0.1) is 6.54 Å². The van der Waals surface area contributed by atoms with Gasteiger partial charge in [0.25, 0.3) is 5.91 Å². The molecule has 0 atom stereocenters. The molecule has 0 fully saturated rings.